The number of benzene rings is 2. The highest BCUT2D eigenvalue weighted by atomic mass is 19.3. The van der Waals surface area contributed by atoms with Crippen molar-refractivity contribution < 1.29 is 32.6 Å². The van der Waals surface area contributed by atoms with Crippen molar-refractivity contribution >= 4 is 23.5 Å². The Morgan fingerprint density at radius 3 is 2.47 bits per heavy atom. The number of alkyl halides is 2. The molecule has 158 valence electrons. The van der Waals surface area contributed by atoms with Gasteiger partial charge in [-0.15, -0.1) is 0 Å². The van der Waals surface area contributed by atoms with E-state index in [2.05, 4.69) is 15.4 Å². The van der Waals surface area contributed by atoms with Crippen molar-refractivity contribution in [2.75, 3.05) is 19.0 Å². The maximum absolute atomic E-state index is 12.9. The van der Waals surface area contributed by atoms with Gasteiger partial charge in [-0.05, 0) is 36.8 Å². The molecule has 2 aromatic carbocycles. The fraction of sp³-hybridized carbons (Fsp3) is 0.250. The van der Waals surface area contributed by atoms with Gasteiger partial charge >= 0.3 is 12.6 Å². The van der Waals surface area contributed by atoms with Crippen molar-refractivity contribution in [3.8, 4) is 11.5 Å². The highest BCUT2D eigenvalue weighted by Crippen LogP contribution is 2.30. The number of carbonyl (C=O) groups is 3. The number of hydrogen-bond acceptors (Lipinski definition) is 5. The number of nitrogens with one attached hydrogen (secondary N) is 2. The molecule has 1 aliphatic heterocycles. The van der Waals surface area contributed by atoms with Crippen molar-refractivity contribution in [3.05, 3.63) is 54.1 Å². The van der Waals surface area contributed by atoms with E-state index in [1.807, 2.05) is 0 Å². The molecule has 30 heavy (non-hydrogen) atoms. The third-order valence-electron chi connectivity index (χ3n) is 4.61. The second-order valence-corrected chi connectivity index (χ2v) is 6.60. The van der Waals surface area contributed by atoms with Gasteiger partial charge in [0.1, 0.15) is 23.6 Å². The summed E-state index contributed by atoms with van der Waals surface area (Å²) in [4.78, 5) is 38.4. The quantitative estimate of drug-likeness (QED) is 0.673. The number of hydrogen-bond donors (Lipinski definition) is 2. The first-order chi connectivity index (χ1) is 14.2. The molecule has 10 heteroatoms. The van der Waals surface area contributed by atoms with Crippen LogP contribution in [0.1, 0.15) is 12.5 Å². The van der Waals surface area contributed by atoms with Gasteiger partial charge in [0.25, 0.3) is 5.91 Å². The minimum Gasteiger partial charge on any atom is -0.495 e. The van der Waals surface area contributed by atoms with Crippen LogP contribution in [-0.2, 0) is 15.1 Å². The van der Waals surface area contributed by atoms with Crippen molar-refractivity contribution in [1.82, 2.24) is 10.2 Å². The molecule has 0 aliphatic carbocycles. The van der Waals surface area contributed by atoms with E-state index in [9.17, 15) is 23.2 Å². The summed E-state index contributed by atoms with van der Waals surface area (Å²) in [6, 6.07) is 11.3. The van der Waals surface area contributed by atoms with E-state index < -0.39 is 36.5 Å². The van der Waals surface area contributed by atoms with E-state index in [0.717, 1.165) is 4.90 Å². The summed E-state index contributed by atoms with van der Waals surface area (Å²) in [6.07, 6.45) is 0. The van der Waals surface area contributed by atoms with Gasteiger partial charge in [0.15, 0.2) is 0 Å². The van der Waals surface area contributed by atoms with Gasteiger partial charge in [0.2, 0.25) is 5.91 Å². The molecule has 0 aromatic heterocycles. The molecule has 8 nitrogen and oxygen atoms in total. The van der Waals surface area contributed by atoms with Crippen molar-refractivity contribution in [2.45, 2.75) is 19.1 Å². The van der Waals surface area contributed by atoms with Crippen LogP contribution < -0.4 is 20.1 Å². The predicted molar refractivity (Wildman–Crippen MR) is 102 cm³/mol. The number of amides is 4. The molecule has 1 atom stereocenters. The molecular formula is C20H19F2N3O5. The van der Waals surface area contributed by atoms with E-state index in [-0.39, 0.29) is 5.75 Å². The molecule has 0 unspecified atom stereocenters. The van der Waals surface area contributed by atoms with Crippen LogP contribution in [0.25, 0.3) is 0 Å². The van der Waals surface area contributed by atoms with Crippen molar-refractivity contribution in [3.63, 3.8) is 0 Å². The van der Waals surface area contributed by atoms with E-state index >= 15 is 0 Å². The van der Waals surface area contributed by atoms with E-state index in [1.165, 1.54) is 38.3 Å². The zero-order valence-corrected chi connectivity index (χ0v) is 16.1. The topological polar surface area (TPSA) is 97.0 Å². The molecule has 1 aliphatic rings. The molecule has 0 saturated carbocycles. The van der Waals surface area contributed by atoms with Gasteiger partial charge in [-0.25, -0.2) is 4.79 Å². The first-order valence-electron chi connectivity index (χ1n) is 8.87. The number of para-hydroxylation sites is 2. The second-order valence-electron chi connectivity index (χ2n) is 6.60. The van der Waals surface area contributed by atoms with E-state index in [0.29, 0.717) is 17.0 Å². The van der Waals surface area contributed by atoms with E-state index in [4.69, 9.17) is 4.74 Å². The number of methoxy groups -OCH3 is 1. The molecule has 1 saturated heterocycles. The highest BCUT2D eigenvalue weighted by Gasteiger charge is 2.49. The summed E-state index contributed by atoms with van der Waals surface area (Å²) in [5.74, 6) is -0.890. The lowest BCUT2D eigenvalue weighted by Crippen LogP contribution is -2.42. The molecular weight excluding hydrogens is 400 g/mol. The van der Waals surface area contributed by atoms with E-state index in [1.54, 1.807) is 24.3 Å². The Kier molecular flexibility index (Phi) is 5.86. The number of nitrogens with zero attached hydrogens (tertiary/aromatic N) is 1. The average Bonchev–Trinajstić information content (AvgIpc) is 2.92. The summed E-state index contributed by atoms with van der Waals surface area (Å²) in [5.41, 5.74) is -0.699. The van der Waals surface area contributed by atoms with Gasteiger partial charge in [0, 0.05) is 0 Å². The van der Waals surface area contributed by atoms with Crippen LogP contribution in [-0.4, -0.2) is 43.0 Å². The summed E-state index contributed by atoms with van der Waals surface area (Å²) in [7, 11) is 1.45. The van der Waals surface area contributed by atoms with Crippen LogP contribution in [0, 0.1) is 0 Å². The van der Waals surface area contributed by atoms with Crippen LogP contribution >= 0.6 is 0 Å². The van der Waals surface area contributed by atoms with Gasteiger partial charge in [-0.1, -0.05) is 24.3 Å². The van der Waals surface area contributed by atoms with Crippen molar-refractivity contribution in [2.24, 2.45) is 0 Å². The van der Waals surface area contributed by atoms with Crippen LogP contribution in [0.4, 0.5) is 19.3 Å². The number of urea groups is 1. The van der Waals surface area contributed by atoms with Gasteiger partial charge < -0.3 is 20.1 Å². The largest absolute Gasteiger partial charge is 0.495 e. The molecule has 4 amide bonds. The molecule has 3 rings (SSSR count). The lowest BCUT2D eigenvalue weighted by atomic mass is 9.92. The molecule has 0 radical (unpaired) electrons. The second kappa shape index (κ2) is 8.36. The first kappa shape index (κ1) is 21.0. The number of rotatable bonds is 7. The van der Waals surface area contributed by atoms with Crippen LogP contribution in [0.15, 0.2) is 48.5 Å². The number of carbonyl (C=O) groups excluding carboxylic acids is 3. The number of ether oxygens (including phenoxy) is 2. The summed E-state index contributed by atoms with van der Waals surface area (Å²) < 4.78 is 34.0. The lowest BCUT2D eigenvalue weighted by molar-refractivity contribution is -0.133. The molecule has 1 fully saturated rings. The predicted octanol–water partition coefficient (Wildman–Crippen LogP) is 2.70. The third kappa shape index (κ3) is 4.17. The fourth-order valence-corrected chi connectivity index (χ4v) is 3.09. The lowest BCUT2D eigenvalue weighted by Gasteiger charge is -2.22. The zero-order valence-electron chi connectivity index (χ0n) is 16.1. The standard InChI is InChI=1S/C20H19F2N3O5/c1-20(12-7-9-13(10-8-12)30-18(21)22)17(27)25(19(28)24-20)11-16(26)23-14-5-3-4-6-15(14)29-2/h3-10,18H,11H2,1-2H3,(H,23,26)(H,24,28)/t20-/m0/s1. The Bertz CT molecular complexity index is 967. The first-order valence-corrected chi connectivity index (χ1v) is 8.87. The molecule has 2 N–H and O–H groups in total. The monoisotopic (exact) mass is 419 g/mol. The fourth-order valence-electron chi connectivity index (χ4n) is 3.09. The number of anilines is 1. The maximum Gasteiger partial charge on any atom is 0.387 e. The van der Waals surface area contributed by atoms with Gasteiger partial charge in [-0.3, -0.25) is 14.5 Å². The minimum absolute atomic E-state index is 0.0813. The SMILES string of the molecule is COc1ccccc1NC(=O)CN1C(=O)N[C@@](C)(c2ccc(OC(F)F)cc2)C1=O. The Morgan fingerprint density at radius 2 is 1.83 bits per heavy atom. The molecule has 2 aromatic rings. The number of halogens is 2. The highest BCUT2D eigenvalue weighted by molar-refractivity contribution is 6.10. The summed E-state index contributed by atoms with van der Waals surface area (Å²) in [5, 5.41) is 5.14. The molecule has 0 bridgehead atoms. The smallest absolute Gasteiger partial charge is 0.387 e. The van der Waals surface area contributed by atoms with Crippen LogP contribution in [0.2, 0.25) is 0 Å². The van der Waals surface area contributed by atoms with Gasteiger partial charge in [-0.2, -0.15) is 8.78 Å². The van der Waals surface area contributed by atoms with Crippen molar-refractivity contribution in [1.29, 1.82) is 0 Å². The Labute approximate surface area is 170 Å². The van der Waals surface area contributed by atoms with Crippen LogP contribution in [0.3, 0.4) is 0 Å². The Morgan fingerprint density at radius 1 is 1.17 bits per heavy atom. The zero-order chi connectivity index (χ0) is 21.9. The Hall–Kier alpha value is -3.69. The Balaban J connectivity index is 1.73. The molecule has 1 heterocycles. The minimum atomic E-state index is -2.98. The molecule has 0 spiro atoms. The normalized spacial score (nSPS) is 18.4. The van der Waals surface area contributed by atoms with Crippen LogP contribution in [0.5, 0.6) is 11.5 Å². The summed E-state index contributed by atoms with van der Waals surface area (Å²) in [6.45, 7) is -2.02. The summed E-state index contributed by atoms with van der Waals surface area (Å²) >= 11 is 0. The average molecular weight is 419 g/mol. The number of imide groups is 1. The van der Waals surface area contributed by atoms with Gasteiger partial charge in [0.05, 0.1) is 12.8 Å². The third-order valence-corrected chi connectivity index (χ3v) is 4.61. The maximum atomic E-state index is 12.9.